The second kappa shape index (κ2) is 39.4. The van der Waals surface area contributed by atoms with E-state index in [1.807, 2.05) is 0 Å². The molecule has 6 aromatic heterocycles. The molecule has 0 aliphatic rings. The zero-order chi connectivity index (χ0) is 100. The van der Waals surface area contributed by atoms with E-state index in [1.54, 1.807) is 0 Å². The monoisotopic (exact) mass is 1870 g/mol. The Morgan fingerprint density at radius 3 is 0.577 bits per heavy atom. The molecule has 0 bridgehead atoms. The number of unbranched alkanes of at least 4 members (excludes halogenated alkanes) is 10. The van der Waals surface area contributed by atoms with Crippen LogP contribution in [0.3, 0.4) is 0 Å². The van der Waals surface area contributed by atoms with Gasteiger partial charge in [0.2, 0.25) is 0 Å². The molecule has 0 radical (unpaired) electrons. The molecule has 0 saturated carbocycles. The molecule has 6 nitrogen and oxygen atoms in total. The highest BCUT2D eigenvalue weighted by Crippen LogP contribution is 2.49. The van der Waals surface area contributed by atoms with Gasteiger partial charge in [-0.25, -0.2) is 0 Å². The lowest BCUT2D eigenvalue weighted by Crippen LogP contribution is -2.14. The van der Waals surface area contributed by atoms with E-state index in [0.717, 1.165) is 25.7 Å². The highest BCUT2D eigenvalue weighted by atomic mass is 15.0. The van der Waals surface area contributed by atoms with Crippen LogP contribution in [0.2, 0.25) is 0 Å². The maximum atomic E-state index is 2.61. The van der Waals surface area contributed by atoms with E-state index in [9.17, 15) is 0 Å². The van der Waals surface area contributed by atoms with Crippen molar-refractivity contribution < 1.29 is 0 Å². The summed E-state index contributed by atoms with van der Waals surface area (Å²) >= 11 is 0. The topological polar surface area (TPSA) is 29.6 Å². The van der Waals surface area contributed by atoms with Crippen LogP contribution >= 0.6 is 0 Å². The van der Waals surface area contributed by atoms with Crippen LogP contribution in [0.25, 0.3) is 165 Å². The molecule has 15 aromatic carbocycles. The van der Waals surface area contributed by atoms with Gasteiger partial charge in [-0.05, 0) is 357 Å². The van der Waals surface area contributed by atoms with E-state index in [-0.39, 0.29) is 10.8 Å². The van der Waals surface area contributed by atoms with Gasteiger partial charge in [0.1, 0.15) is 0 Å². The van der Waals surface area contributed by atoms with Gasteiger partial charge < -0.3 is 27.4 Å². The van der Waals surface area contributed by atoms with Crippen molar-refractivity contribution in [1.29, 1.82) is 0 Å². The molecule has 726 valence electrons. The molecule has 142 heavy (non-hydrogen) atoms. The van der Waals surface area contributed by atoms with Gasteiger partial charge in [-0.15, -0.1) is 0 Å². The summed E-state index contributed by atoms with van der Waals surface area (Å²) < 4.78 is 15.4. The number of aryl methyl sites for hydroxylation is 20. The quantitative estimate of drug-likeness (QED) is 0.0540. The molecule has 0 N–H and O–H groups in total. The Hall–Kier alpha value is -12.9. The van der Waals surface area contributed by atoms with Crippen LogP contribution in [0.5, 0.6) is 0 Å². The van der Waals surface area contributed by atoms with Crippen LogP contribution in [-0.2, 0) is 49.4 Å². The van der Waals surface area contributed by atoms with Gasteiger partial charge >= 0.3 is 0 Å². The molecular weight excluding hydrogens is 1720 g/mol. The number of para-hydroxylation sites is 2. The lowest BCUT2D eigenvalue weighted by atomic mass is 9.83. The predicted octanol–water partition coefficient (Wildman–Crippen LogP) is 38.6. The molecule has 0 spiro atoms. The average Bonchev–Trinajstić information content (AvgIpc) is 1.55. The zero-order valence-corrected chi connectivity index (χ0v) is 90.4. The van der Waals surface area contributed by atoms with Gasteiger partial charge in [0, 0.05) is 64.6 Å². The fourth-order valence-electron chi connectivity index (χ4n) is 24.4. The van der Waals surface area contributed by atoms with E-state index < -0.39 is 0 Å². The molecule has 21 rings (SSSR count). The van der Waals surface area contributed by atoms with Crippen molar-refractivity contribution in [1.82, 2.24) is 27.4 Å². The van der Waals surface area contributed by atoms with Gasteiger partial charge in [0.05, 0.1) is 100 Å². The number of aromatic nitrogens is 6. The van der Waals surface area contributed by atoms with Crippen molar-refractivity contribution in [3.05, 3.63) is 353 Å². The largest absolute Gasteiger partial charge is 0.309 e. The molecule has 6 heteroatoms. The summed E-state index contributed by atoms with van der Waals surface area (Å²) in [6, 6.07) is 89.9. The first-order chi connectivity index (χ1) is 68.2. The molecule has 0 aliphatic heterocycles. The third kappa shape index (κ3) is 17.8. The molecule has 0 saturated heterocycles. The Morgan fingerprint density at radius 1 is 0.183 bits per heavy atom. The van der Waals surface area contributed by atoms with E-state index >= 15 is 0 Å². The summed E-state index contributed by atoms with van der Waals surface area (Å²) in [7, 11) is 0. The Morgan fingerprint density at radius 2 is 0.373 bits per heavy atom. The number of fused-ring (bicyclic) bond motifs is 18. The third-order valence-corrected chi connectivity index (χ3v) is 31.6. The molecule has 0 atom stereocenters. The predicted molar refractivity (Wildman–Crippen MR) is 621 cm³/mol. The van der Waals surface area contributed by atoms with Crippen molar-refractivity contribution in [2.24, 2.45) is 0 Å². The van der Waals surface area contributed by atoms with Gasteiger partial charge in [0.25, 0.3) is 0 Å². The Bertz CT molecular complexity index is 7890. The van der Waals surface area contributed by atoms with Crippen molar-refractivity contribution in [3.8, 4) is 34.1 Å². The summed E-state index contributed by atoms with van der Waals surface area (Å²) in [5.74, 6) is 0. The smallest absolute Gasteiger partial charge is 0.0549 e. The van der Waals surface area contributed by atoms with Crippen molar-refractivity contribution in [2.45, 2.75) is 306 Å². The molecule has 0 amide bonds. The molecular formula is C136H152N6. The average molecular weight is 1870 g/mol. The Balaban J connectivity index is 0.000000137. The van der Waals surface area contributed by atoms with E-state index in [1.165, 1.54) is 377 Å². The SMILES string of the molecule is CCCCCCCCc1cc(C)c(-n2c3ccc(C)cc3c3cc4c(cc32)c2cc(C)ccc2n4-c2c(C)cc(CCCCCCCC)cc2C)c(C)c1.CCc1cc(C(C)(C)C)cc(CC)c1-n1c2ccc(C)cc2c2cc3c(cc21)c1cc(C)ccc1n3-c1c(CC)cc(C(C)(C)C)cc1CC.Cc1ccc2c(c1)c1cc3c(cc1n2-c1c(C)cccc1C)c1cc(C)ccc1n3-c1c(C)cccc1C. The summed E-state index contributed by atoms with van der Waals surface area (Å²) in [6.07, 6.45) is 22.3. The molecule has 0 aliphatic carbocycles. The first-order valence-corrected chi connectivity index (χ1v) is 53.9. The van der Waals surface area contributed by atoms with Crippen molar-refractivity contribution >= 4 is 131 Å². The van der Waals surface area contributed by atoms with Crippen molar-refractivity contribution in [3.63, 3.8) is 0 Å². The summed E-state index contributed by atoms with van der Waals surface area (Å²) in [5.41, 5.74) is 53.4. The van der Waals surface area contributed by atoms with Crippen LogP contribution in [0.1, 0.15) is 283 Å². The number of nitrogens with zero attached hydrogens (tertiary/aromatic N) is 6. The van der Waals surface area contributed by atoms with Crippen LogP contribution in [0.15, 0.2) is 231 Å². The lowest BCUT2D eigenvalue weighted by molar-refractivity contribution is 0.588. The first-order valence-electron chi connectivity index (χ1n) is 53.9. The van der Waals surface area contributed by atoms with Crippen LogP contribution in [0, 0.1) is 96.9 Å². The molecule has 0 unspecified atom stereocenters. The molecule has 6 heterocycles. The van der Waals surface area contributed by atoms with Gasteiger partial charge in [0.15, 0.2) is 0 Å². The number of rotatable bonds is 24. The fraction of sp³-hybridized carbons (Fsp3) is 0.338. The molecule has 0 fully saturated rings. The number of hydrogen-bond acceptors (Lipinski definition) is 0. The van der Waals surface area contributed by atoms with Crippen LogP contribution in [0.4, 0.5) is 0 Å². The van der Waals surface area contributed by atoms with E-state index in [2.05, 4.69) is 438 Å². The molecule has 21 aromatic rings. The minimum Gasteiger partial charge on any atom is -0.309 e. The van der Waals surface area contributed by atoms with E-state index in [4.69, 9.17) is 0 Å². The number of hydrogen-bond donors (Lipinski definition) is 0. The third-order valence-electron chi connectivity index (χ3n) is 31.6. The lowest BCUT2D eigenvalue weighted by Gasteiger charge is -2.25. The summed E-state index contributed by atoms with van der Waals surface area (Å²) in [5, 5.41) is 15.8. The Kier molecular flexibility index (Phi) is 27.2. The normalized spacial score (nSPS) is 12.2. The standard InChI is InChI=1S/C52H64N2.C48H56N2.C36H32N2/c1-9-11-13-15-17-19-21-41-29-37(5)51(38(6)30-41)53-47-25-23-35(3)27-43(47)45-34-50-46(33-49(45)53)44-28-36(4)24-26-48(44)54(50)52-39(7)31-42(32-40(52)8)22-20-18-16-14-12-10-2;1-13-31-23-35(47(7,8)9)24-32(14-2)45(31)49-41-19-17-29(5)21-37(41)39-28-44-40(27-43(39)49)38-22-30(6)18-20-42(38)50(44)46-33(15-3)25-36(48(10,11)12)26-34(46)16-4;1-21-13-15-31-27(17-21)29-19-34-30(20-33(29)37(31)35-23(3)9-7-10-24(35)4)28-18-22(2)14-16-32(28)38(34)36-25(5)11-8-12-26(36)6/h23-34H,9-22H2,1-8H3;17-28H,13-16H2,1-12H3;7-20H,1-6H3. The van der Waals surface area contributed by atoms with Gasteiger partial charge in [-0.3, -0.25) is 0 Å². The van der Waals surface area contributed by atoms with Crippen LogP contribution in [-0.4, -0.2) is 27.4 Å². The van der Waals surface area contributed by atoms with E-state index in [0.29, 0.717) is 0 Å². The van der Waals surface area contributed by atoms with Gasteiger partial charge in [-0.1, -0.05) is 302 Å². The zero-order valence-electron chi connectivity index (χ0n) is 90.4. The maximum Gasteiger partial charge on any atom is 0.0549 e. The summed E-state index contributed by atoms with van der Waals surface area (Å²) in [6.45, 7) is 59.4. The summed E-state index contributed by atoms with van der Waals surface area (Å²) in [4.78, 5) is 0. The number of benzene rings is 15. The Labute approximate surface area is 845 Å². The van der Waals surface area contributed by atoms with Crippen LogP contribution < -0.4 is 0 Å². The highest BCUT2D eigenvalue weighted by molar-refractivity contribution is 6.23. The highest BCUT2D eigenvalue weighted by Gasteiger charge is 2.30. The minimum atomic E-state index is 0.0932. The second-order valence-electron chi connectivity index (χ2n) is 44.7. The first kappa shape index (κ1) is 97.9. The second-order valence-corrected chi connectivity index (χ2v) is 44.7. The fourth-order valence-corrected chi connectivity index (χ4v) is 24.4. The minimum absolute atomic E-state index is 0.0932. The maximum absolute atomic E-state index is 2.61. The van der Waals surface area contributed by atoms with Crippen molar-refractivity contribution in [2.75, 3.05) is 0 Å². The van der Waals surface area contributed by atoms with Gasteiger partial charge in [-0.2, -0.15) is 0 Å².